The molecule has 1 aromatic rings. The van der Waals surface area contributed by atoms with Crippen molar-refractivity contribution < 1.29 is 14.6 Å². The molecule has 4 nitrogen and oxygen atoms in total. The maximum absolute atomic E-state index is 9.05. The van der Waals surface area contributed by atoms with Crippen molar-refractivity contribution in [3.8, 4) is 11.5 Å². The minimum Gasteiger partial charge on any atom is -0.497 e. The van der Waals surface area contributed by atoms with Crippen molar-refractivity contribution in [1.29, 1.82) is 0 Å². The van der Waals surface area contributed by atoms with E-state index in [4.69, 9.17) is 14.6 Å². The van der Waals surface area contributed by atoms with E-state index in [1.807, 2.05) is 18.2 Å². The average Bonchev–Trinajstić information content (AvgIpc) is 2.42. The topological polar surface area (TPSA) is 41.9 Å². The van der Waals surface area contributed by atoms with Gasteiger partial charge in [0.25, 0.3) is 0 Å². The van der Waals surface area contributed by atoms with E-state index in [1.165, 1.54) is 0 Å². The Hall–Kier alpha value is -1.26. The summed E-state index contributed by atoms with van der Waals surface area (Å²) in [6.07, 6.45) is 0.774. The molecule has 0 atom stereocenters. The monoisotopic (exact) mass is 281 g/mol. The van der Waals surface area contributed by atoms with Gasteiger partial charge in [0.2, 0.25) is 0 Å². The van der Waals surface area contributed by atoms with Gasteiger partial charge in [0, 0.05) is 36.9 Å². The Morgan fingerprint density at radius 1 is 1.15 bits per heavy atom. The van der Waals surface area contributed by atoms with Crippen LogP contribution in [0.2, 0.25) is 0 Å². The maximum atomic E-state index is 9.05. The molecule has 0 aliphatic carbocycles. The normalized spacial score (nSPS) is 11.8. The molecule has 114 valence electrons. The Bertz CT molecular complexity index is 413. The predicted octanol–water partition coefficient (Wildman–Crippen LogP) is 2.69. The molecule has 0 saturated heterocycles. The number of methoxy groups -OCH3 is 2. The SMILES string of the molecule is COc1ccc(CN(CCCO)C(C)(C)C)c(OC)c1. The fourth-order valence-corrected chi connectivity index (χ4v) is 2.10. The Balaban J connectivity index is 2.92. The standard InChI is InChI=1S/C16H27NO3/c1-16(2,3)17(9-6-10-18)12-13-7-8-14(19-4)11-15(13)20-5/h7-8,11,18H,6,9-10,12H2,1-5H3. The first-order valence-electron chi connectivity index (χ1n) is 6.99. The van der Waals surface area contributed by atoms with Gasteiger partial charge in [-0.25, -0.2) is 0 Å². The van der Waals surface area contributed by atoms with E-state index in [2.05, 4.69) is 25.7 Å². The second-order valence-electron chi connectivity index (χ2n) is 5.85. The number of ether oxygens (including phenoxy) is 2. The lowest BCUT2D eigenvalue weighted by Crippen LogP contribution is -2.41. The summed E-state index contributed by atoms with van der Waals surface area (Å²) < 4.78 is 10.7. The van der Waals surface area contributed by atoms with Crippen molar-refractivity contribution in [2.24, 2.45) is 0 Å². The van der Waals surface area contributed by atoms with Crippen LogP contribution in [0.4, 0.5) is 0 Å². The highest BCUT2D eigenvalue weighted by Gasteiger charge is 2.22. The van der Waals surface area contributed by atoms with Crippen molar-refractivity contribution in [2.75, 3.05) is 27.4 Å². The van der Waals surface area contributed by atoms with E-state index >= 15 is 0 Å². The number of hydrogen-bond acceptors (Lipinski definition) is 4. The first-order chi connectivity index (χ1) is 9.42. The molecular weight excluding hydrogens is 254 g/mol. The molecule has 0 aromatic heterocycles. The van der Waals surface area contributed by atoms with Gasteiger partial charge in [-0.3, -0.25) is 4.90 Å². The predicted molar refractivity (Wildman–Crippen MR) is 81.4 cm³/mol. The quantitative estimate of drug-likeness (QED) is 0.834. The van der Waals surface area contributed by atoms with Crippen LogP contribution in [0.3, 0.4) is 0 Å². The van der Waals surface area contributed by atoms with E-state index in [-0.39, 0.29) is 12.1 Å². The van der Waals surface area contributed by atoms with Crippen molar-refractivity contribution in [3.63, 3.8) is 0 Å². The Morgan fingerprint density at radius 3 is 2.35 bits per heavy atom. The first-order valence-corrected chi connectivity index (χ1v) is 6.99. The average molecular weight is 281 g/mol. The second-order valence-corrected chi connectivity index (χ2v) is 5.85. The van der Waals surface area contributed by atoms with Crippen LogP contribution in [-0.4, -0.2) is 42.9 Å². The largest absolute Gasteiger partial charge is 0.497 e. The molecule has 0 aliphatic rings. The summed E-state index contributed by atoms with van der Waals surface area (Å²) in [6, 6.07) is 5.89. The van der Waals surface area contributed by atoms with Gasteiger partial charge >= 0.3 is 0 Å². The number of nitrogens with zero attached hydrogens (tertiary/aromatic N) is 1. The first kappa shape index (κ1) is 16.8. The van der Waals surface area contributed by atoms with Gasteiger partial charge in [-0.15, -0.1) is 0 Å². The number of aliphatic hydroxyl groups excluding tert-OH is 1. The summed E-state index contributed by atoms with van der Waals surface area (Å²) >= 11 is 0. The molecule has 0 aliphatic heterocycles. The van der Waals surface area contributed by atoms with Crippen molar-refractivity contribution >= 4 is 0 Å². The van der Waals surface area contributed by atoms with Crippen LogP contribution in [0.15, 0.2) is 18.2 Å². The van der Waals surface area contributed by atoms with Crippen molar-refractivity contribution in [1.82, 2.24) is 4.90 Å². The molecule has 1 rings (SSSR count). The fourth-order valence-electron chi connectivity index (χ4n) is 2.10. The third-order valence-electron chi connectivity index (χ3n) is 3.39. The molecule has 0 unspecified atom stereocenters. The zero-order valence-corrected chi connectivity index (χ0v) is 13.3. The van der Waals surface area contributed by atoms with Gasteiger partial charge in [-0.1, -0.05) is 6.07 Å². The van der Waals surface area contributed by atoms with Crippen LogP contribution in [0.5, 0.6) is 11.5 Å². The Labute approximate surface area is 122 Å². The van der Waals surface area contributed by atoms with Crippen LogP contribution < -0.4 is 9.47 Å². The van der Waals surface area contributed by atoms with Crippen LogP contribution in [-0.2, 0) is 6.54 Å². The highest BCUT2D eigenvalue weighted by molar-refractivity contribution is 5.40. The van der Waals surface area contributed by atoms with Gasteiger partial charge in [-0.05, 0) is 33.3 Å². The number of aliphatic hydroxyl groups is 1. The molecular formula is C16H27NO3. The van der Waals surface area contributed by atoms with Crippen LogP contribution in [0.1, 0.15) is 32.8 Å². The lowest BCUT2D eigenvalue weighted by Gasteiger charge is -2.36. The Morgan fingerprint density at radius 2 is 1.85 bits per heavy atom. The van der Waals surface area contributed by atoms with Crippen molar-refractivity contribution in [2.45, 2.75) is 39.3 Å². The fraction of sp³-hybridized carbons (Fsp3) is 0.625. The van der Waals surface area contributed by atoms with Gasteiger partial charge in [0.05, 0.1) is 14.2 Å². The van der Waals surface area contributed by atoms with Gasteiger partial charge in [0.1, 0.15) is 11.5 Å². The summed E-state index contributed by atoms with van der Waals surface area (Å²) in [6.45, 7) is 8.40. The van der Waals surface area contributed by atoms with E-state index in [1.54, 1.807) is 14.2 Å². The summed E-state index contributed by atoms with van der Waals surface area (Å²) in [4.78, 5) is 2.34. The molecule has 0 spiro atoms. The molecule has 0 heterocycles. The molecule has 4 heteroatoms. The summed E-state index contributed by atoms with van der Waals surface area (Å²) in [7, 11) is 3.32. The second kappa shape index (κ2) is 7.50. The number of hydrogen-bond donors (Lipinski definition) is 1. The van der Waals surface area contributed by atoms with E-state index < -0.39 is 0 Å². The Kier molecular flexibility index (Phi) is 6.30. The van der Waals surface area contributed by atoms with E-state index in [0.29, 0.717) is 0 Å². The zero-order chi connectivity index (χ0) is 15.2. The lowest BCUT2D eigenvalue weighted by molar-refractivity contribution is 0.114. The zero-order valence-electron chi connectivity index (χ0n) is 13.3. The molecule has 0 radical (unpaired) electrons. The van der Waals surface area contributed by atoms with E-state index in [9.17, 15) is 0 Å². The molecule has 0 bridgehead atoms. The highest BCUT2D eigenvalue weighted by atomic mass is 16.5. The molecule has 20 heavy (non-hydrogen) atoms. The third-order valence-corrected chi connectivity index (χ3v) is 3.39. The van der Waals surface area contributed by atoms with Crippen LogP contribution in [0.25, 0.3) is 0 Å². The summed E-state index contributed by atoms with van der Waals surface area (Å²) in [5, 5.41) is 9.05. The lowest BCUT2D eigenvalue weighted by atomic mass is 10.0. The smallest absolute Gasteiger partial charge is 0.127 e. The highest BCUT2D eigenvalue weighted by Crippen LogP contribution is 2.27. The van der Waals surface area contributed by atoms with Gasteiger partial charge in [-0.2, -0.15) is 0 Å². The number of rotatable bonds is 7. The molecule has 1 N–H and O–H groups in total. The number of benzene rings is 1. The minimum atomic E-state index is 0.0418. The molecule has 0 amide bonds. The molecule has 1 aromatic carbocycles. The molecule has 0 saturated carbocycles. The molecule has 0 fully saturated rings. The van der Waals surface area contributed by atoms with Gasteiger partial charge < -0.3 is 14.6 Å². The van der Waals surface area contributed by atoms with Gasteiger partial charge in [0.15, 0.2) is 0 Å². The summed E-state index contributed by atoms with van der Waals surface area (Å²) in [5.41, 5.74) is 1.17. The third kappa shape index (κ3) is 4.69. The maximum Gasteiger partial charge on any atom is 0.127 e. The minimum absolute atomic E-state index is 0.0418. The summed E-state index contributed by atoms with van der Waals surface area (Å²) in [5.74, 6) is 1.63. The van der Waals surface area contributed by atoms with Crippen LogP contribution >= 0.6 is 0 Å². The van der Waals surface area contributed by atoms with Crippen LogP contribution in [0, 0.1) is 0 Å². The van der Waals surface area contributed by atoms with Crippen molar-refractivity contribution in [3.05, 3.63) is 23.8 Å². The van der Waals surface area contributed by atoms with E-state index in [0.717, 1.165) is 36.6 Å².